The molecule has 0 N–H and O–H groups in total. The fourth-order valence-corrected chi connectivity index (χ4v) is 147. The predicted molar refractivity (Wildman–Crippen MR) is 361 cm³/mol. The van der Waals surface area contributed by atoms with E-state index in [9.17, 15) is 0 Å². The first kappa shape index (κ1) is 66.7. The molecule has 2 aromatic rings. The molecule has 0 fully saturated rings. The molecule has 0 saturated heterocycles. The van der Waals surface area contributed by atoms with Crippen LogP contribution in [0.25, 0.3) is 0 Å². The fourth-order valence-electron chi connectivity index (χ4n) is 21.1. The molecule has 0 aliphatic carbocycles. The van der Waals surface area contributed by atoms with Crippen LogP contribution < -0.4 is 0 Å². The van der Waals surface area contributed by atoms with Gasteiger partial charge in [0.15, 0.2) is 0 Å². The summed E-state index contributed by atoms with van der Waals surface area (Å²) >= 11 is 6.32. The first-order chi connectivity index (χ1) is 29.3. The third kappa shape index (κ3) is 10.8. The number of hydrogen-bond acceptors (Lipinski definition) is 2. The summed E-state index contributed by atoms with van der Waals surface area (Å²) in [5.74, 6) is 0. The second kappa shape index (κ2) is 20.1. The molecule has 0 aliphatic rings. The molecule has 0 aliphatic heterocycles. The molecule has 68 heavy (non-hydrogen) atoms. The molecule has 2 rings (SSSR count). The van der Waals surface area contributed by atoms with E-state index in [0.717, 1.165) is 0 Å². The van der Waals surface area contributed by atoms with Crippen molar-refractivity contribution in [3.8, 4) is 0 Å². The van der Waals surface area contributed by atoms with E-state index < -0.39 is 96.9 Å². The Morgan fingerprint density at radius 1 is 0.265 bits per heavy atom. The molecule has 392 valence electrons. The Morgan fingerprint density at radius 2 is 0.382 bits per heavy atom. The van der Waals surface area contributed by atoms with Crippen molar-refractivity contribution in [1.29, 1.82) is 0 Å². The molecule has 0 spiro atoms. The maximum absolute atomic E-state index is 2.80. The van der Waals surface area contributed by atoms with E-state index in [-0.39, 0.29) is 0 Å². The predicted octanol–water partition coefficient (Wildman–Crippen LogP) is 19.5. The Hall–Kier alpha value is 2.63. The summed E-state index contributed by atoms with van der Waals surface area (Å²) in [7, 11) is -22.1. The van der Waals surface area contributed by atoms with Gasteiger partial charge in [-0.15, -0.1) is 0 Å². The van der Waals surface area contributed by atoms with Gasteiger partial charge < -0.3 is 0 Å². The summed E-state index contributed by atoms with van der Waals surface area (Å²) in [5, 5.41) is 0. The van der Waals surface area contributed by atoms with Crippen molar-refractivity contribution in [1.82, 2.24) is 0 Å². The summed E-state index contributed by atoms with van der Waals surface area (Å²) in [6, 6.07) is 16.4. The van der Waals surface area contributed by atoms with Crippen molar-refractivity contribution >= 4 is 145 Å². The van der Waals surface area contributed by atoms with Crippen LogP contribution in [0, 0.1) is 0 Å². The zero-order chi connectivity index (χ0) is 54.7. The standard InChI is InChI=1S/C53H115S2Si12.Bi/c1-56(2,3)50(57(4,5)6,58(7,8)9)44-39-37-40-45(51(59(10,11)12,60(13,14)15)61(16,17)18)48(44)54-43-55-49-46(52(62(19,20)21,63(22,23)24)64(25,26)27)41-38-42-47(49)53(65(28,29)30,66(31,32)33)67(34,35)36;/h37-43H,1-36H3;. The summed E-state index contributed by atoms with van der Waals surface area (Å²) in [6.45, 7) is 101. The van der Waals surface area contributed by atoms with Crippen molar-refractivity contribution in [3.63, 3.8) is 0 Å². The average molecular weight is 1360 g/mol. The molecule has 0 bridgehead atoms. The minimum atomic E-state index is -1.84. The molecule has 0 nitrogen and oxygen atoms in total. The minimum absolute atomic E-state index is 0.298. The number of benzene rings is 2. The van der Waals surface area contributed by atoms with Crippen LogP contribution in [-0.2, 0) is 17.1 Å². The molecule has 0 saturated carbocycles. The molecule has 15 heteroatoms. The molecular weight excluding hydrogens is 1250 g/mol. The van der Waals surface area contributed by atoms with Crippen LogP contribution in [0.2, 0.25) is 236 Å². The summed E-state index contributed by atoms with van der Waals surface area (Å²) in [6.07, 6.45) is 0. The Bertz CT molecular complexity index is 1650. The molecule has 0 aromatic heterocycles. The van der Waals surface area contributed by atoms with E-state index in [0.29, 0.717) is 19.4 Å². The number of thioether (sulfide) groups is 2. The Balaban J connectivity index is 3.77. The Kier molecular flexibility index (Phi) is 19.8. The molecule has 0 atom stereocenters. The van der Waals surface area contributed by atoms with Crippen molar-refractivity contribution < 1.29 is 0 Å². The van der Waals surface area contributed by atoms with E-state index in [1.165, 1.54) is 24.7 Å². The molecule has 0 unspecified atom stereocenters. The van der Waals surface area contributed by atoms with Gasteiger partial charge in [0.05, 0.1) is 0 Å². The van der Waals surface area contributed by atoms with Crippen molar-refractivity contribution in [2.24, 2.45) is 0 Å². The van der Waals surface area contributed by atoms with Gasteiger partial charge in [-0.3, -0.25) is 0 Å². The van der Waals surface area contributed by atoms with Gasteiger partial charge in [-0.1, -0.05) is 0 Å². The van der Waals surface area contributed by atoms with Gasteiger partial charge in [0.25, 0.3) is 0 Å². The fraction of sp³-hybridized carbons (Fsp3) is 0.774. The van der Waals surface area contributed by atoms with Gasteiger partial charge in [-0.2, -0.15) is 0 Å². The van der Waals surface area contributed by atoms with Crippen LogP contribution >= 0.6 is 23.5 Å². The first-order valence-electron chi connectivity index (χ1n) is 26.6. The molecule has 0 heterocycles. The van der Waals surface area contributed by atoms with Crippen molar-refractivity contribution in [2.75, 3.05) is 0 Å². The molecular formula is C53H115BiS2Si12. The van der Waals surface area contributed by atoms with Gasteiger partial charge in [-0.05, 0) is 0 Å². The van der Waals surface area contributed by atoms with Crippen LogP contribution in [0.1, 0.15) is 22.3 Å². The molecule has 2 aromatic carbocycles. The van der Waals surface area contributed by atoms with E-state index in [1.54, 1.807) is 9.79 Å². The van der Waals surface area contributed by atoms with E-state index in [1.807, 2.05) is 22.3 Å². The third-order valence-corrected chi connectivity index (χ3v) is 107. The SMILES string of the molecule is C[Si](C)(C)C(c1cccc(C([Si](C)(C)C)([Si](C)(C)C)[Si](C)(C)C)c1S[CH]([Bi])Sc1c(C([Si](C)(C)C)([Si](C)(C)C)[Si](C)(C)C)cccc1C([Si](C)(C)C)([Si](C)(C)C)[Si](C)(C)C)([Si](C)(C)C)[Si](C)(C)C. The summed E-state index contributed by atoms with van der Waals surface area (Å²) in [5.41, 5.74) is 7.34. The van der Waals surface area contributed by atoms with Crippen LogP contribution in [0.15, 0.2) is 46.2 Å². The Labute approximate surface area is 463 Å². The van der Waals surface area contributed by atoms with Crippen LogP contribution in [-0.4, -0.2) is 124 Å². The topological polar surface area (TPSA) is 0 Å². The monoisotopic (exact) mass is 1360 g/mol. The Morgan fingerprint density at radius 3 is 0.485 bits per heavy atom. The summed E-state index contributed by atoms with van der Waals surface area (Å²) in [4.78, 5) is 3.59. The van der Waals surface area contributed by atoms with E-state index in [2.05, 4.69) is 296 Å². The maximum atomic E-state index is 2.80. The second-order valence-corrected chi connectivity index (χ2v) is 110. The number of rotatable bonds is 20. The second-order valence-electron chi connectivity index (χ2n) is 33.9. The van der Waals surface area contributed by atoms with E-state index >= 15 is 0 Å². The average Bonchev–Trinajstić information content (AvgIpc) is 2.96. The summed E-state index contributed by atoms with van der Waals surface area (Å²) < 4.78 is 1.66. The van der Waals surface area contributed by atoms with Crippen LogP contribution in [0.5, 0.6) is 0 Å². The van der Waals surface area contributed by atoms with Crippen LogP contribution in [0.3, 0.4) is 0 Å². The van der Waals surface area contributed by atoms with E-state index in [4.69, 9.17) is 0 Å². The van der Waals surface area contributed by atoms with Gasteiger partial charge in [0, 0.05) is 0 Å². The van der Waals surface area contributed by atoms with Gasteiger partial charge in [0.1, 0.15) is 0 Å². The molecule has 0 amide bonds. The zero-order valence-corrected chi connectivity index (χ0v) is 69.4. The van der Waals surface area contributed by atoms with Crippen molar-refractivity contribution in [2.45, 2.75) is 265 Å². The van der Waals surface area contributed by atoms with Gasteiger partial charge >= 0.3 is 469 Å². The first-order valence-corrected chi connectivity index (χ1v) is 72.4. The third-order valence-electron chi connectivity index (χ3n) is 17.6. The normalized spacial score (nSPS) is 16.0. The molecule has 2 radical (unpaired) electrons. The van der Waals surface area contributed by atoms with Gasteiger partial charge in [0.2, 0.25) is 0 Å². The van der Waals surface area contributed by atoms with Crippen LogP contribution in [0.4, 0.5) is 0 Å². The number of hydrogen-bond donors (Lipinski definition) is 0. The quantitative estimate of drug-likeness (QED) is 0.0736. The van der Waals surface area contributed by atoms with Crippen molar-refractivity contribution in [3.05, 3.63) is 58.7 Å². The zero-order valence-electron chi connectivity index (χ0n) is 52.3. The van der Waals surface area contributed by atoms with Gasteiger partial charge in [-0.25, -0.2) is 0 Å².